The summed E-state index contributed by atoms with van der Waals surface area (Å²) in [4.78, 5) is 2.26. The van der Waals surface area contributed by atoms with Gasteiger partial charge in [0.25, 0.3) is 0 Å². The molecule has 2 nitrogen and oxygen atoms in total. The average molecular weight is 289 g/mol. The van der Waals surface area contributed by atoms with Crippen molar-refractivity contribution in [1.82, 2.24) is 5.32 Å². The van der Waals surface area contributed by atoms with Gasteiger partial charge in [-0.05, 0) is 43.3 Å². The Labute approximate surface area is 126 Å². The SMILES string of the molecule is CNCc1cc(Cl)ccc1N(C)Cc1cccc(C)c1. The molecule has 0 aliphatic heterocycles. The first kappa shape index (κ1) is 14.9. The van der Waals surface area contributed by atoms with Gasteiger partial charge < -0.3 is 10.2 Å². The van der Waals surface area contributed by atoms with E-state index in [-0.39, 0.29) is 0 Å². The van der Waals surface area contributed by atoms with Crippen LogP contribution in [0.4, 0.5) is 5.69 Å². The van der Waals surface area contributed by atoms with Gasteiger partial charge in [-0.2, -0.15) is 0 Å². The molecule has 0 radical (unpaired) electrons. The molecule has 0 saturated heterocycles. The van der Waals surface area contributed by atoms with Crippen molar-refractivity contribution in [3.63, 3.8) is 0 Å². The van der Waals surface area contributed by atoms with Crippen molar-refractivity contribution in [3.8, 4) is 0 Å². The van der Waals surface area contributed by atoms with Gasteiger partial charge in [-0.15, -0.1) is 0 Å². The molecular weight excluding hydrogens is 268 g/mol. The van der Waals surface area contributed by atoms with Crippen LogP contribution in [0.1, 0.15) is 16.7 Å². The Morgan fingerprint density at radius 2 is 1.95 bits per heavy atom. The Bertz CT molecular complexity index is 581. The minimum absolute atomic E-state index is 0.781. The Morgan fingerprint density at radius 3 is 2.65 bits per heavy atom. The van der Waals surface area contributed by atoms with Crippen LogP contribution in [0, 0.1) is 6.92 Å². The highest BCUT2D eigenvalue weighted by Crippen LogP contribution is 2.25. The summed E-state index contributed by atoms with van der Waals surface area (Å²) in [5, 5.41) is 3.97. The van der Waals surface area contributed by atoms with Crippen molar-refractivity contribution in [1.29, 1.82) is 0 Å². The maximum atomic E-state index is 6.09. The van der Waals surface area contributed by atoms with Crippen LogP contribution < -0.4 is 10.2 Å². The number of nitrogens with zero attached hydrogens (tertiary/aromatic N) is 1. The maximum absolute atomic E-state index is 6.09. The Balaban J connectivity index is 2.22. The normalized spacial score (nSPS) is 10.6. The second-order valence-electron chi connectivity index (χ2n) is 5.15. The molecule has 2 rings (SSSR count). The highest BCUT2D eigenvalue weighted by Gasteiger charge is 2.08. The van der Waals surface area contributed by atoms with E-state index in [4.69, 9.17) is 11.6 Å². The van der Waals surface area contributed by atoms with Crippen LogP contribution in [0.15, 0.2) is 42.5 Å². The van der Waals surface area contributed by atoms with Crippen LogP contribution in [-0.4, -0.2) is 14.1 Å². The van der Waals surface area contributed by atoms with Crippen molar-refractivity contribution in [3.05, 3.63) is 64.2 Å². The van der Waals surface area contributed by atoms with Crippen LogP contribution in [0.25, 0.3) is 0 Å². The van der Waals surface area contributed by atoms with E-state index in [9.17, 15) is 0 Å². The lowest BCUT2D eigenvalue weighted by Crippen LogP contribution is -2.19. The minimum atomic E-state index is 0.781. The number of hydrogen-bond donors (Lipinski definition) is 1. The monoisotopic (exact) mass is 288 g/mol. The Hall–Kier alpha value is -1.51. The van der Waals surface area contributed by atoms with Gasteiger partial charge >= 0.3 is 0 Å². The summed E-state index contributed by atoms with van der Waals surface area (Å²) in [6, 6.07) is 14.7. The molecule has 0 saturated carbocycles. The Morgan fingerprint density at radius 1 is 1.15 bits per heavy atom. The zero-order valence-electron chi connectivity index (χ0n) is 12.3. The molecule has 20 heavy (non-hydrogen) atoms. The van der Waals surface area contributed by atoms with Crippen LogP contribution in [0.2, 0.25) is 5.02 Å². The summed E-state index contributed by atoms with van der Waals surface area (Å²) in [7, 11) is 4.07. The third-order valence-corrected chi connectivity index (χ3v) is 3.56. The van der Waals surface area contributed by atoms with Gasteiger partial charge in [-0.1, -0.05) is 41.4 Å². The molecule has 0 aliphatic carbocycles. The van der Waals surface area contributed by atoms with Gasteiger partial charge in [-0.3, -0.25) is 0 Å². The molecule has 2 aromatic rings. The molecule has 0 spiro atoms. The van der Waals surface area contributed by atoms with Crippen molar-refractivity contribution in [2.75, 3.05) is 19.0 Å². The standard InChI is InChI=1S/C17H21ClN2/c1-13-5-4-6-14(9-13)12-20(3)17-8-7-16(18)10-15(17)11-19-2/h4-10,19H,11-12H2,1-3H3. The molecule has 0 heterocycles. The summed E-state index contributed by atoms with van der Waals surface area (Å²) in [5.74, 6) is 0. The van der Waals surface area contributed by atoms with Gasteiger partial charge in [0.2, 0.25) is 0 Å². The fourth-order valence-corrected chi connectivity index (χ4v) is 2.62. The summed E-state index contributed by atoms with van der Waals surface area (Å²) in [6.07, 6.45) is 0. The fraction of sp³-hybridized carbons (Fsp3) is 0.294. The first-order valence-corrected chi connectivity index (χ1v) is 7.17. The van der Waals surface area contributed by atoms with Crippen LogP contribution in [0.3, 0.4) is 0 Å². The quantitative estimate of drug-likeness (QED) is 0.894. The molecular formula is C17H21ClN2. The van der Waals surface area contributed by atoms with Gasteiger partial charge in [0.05, 0.1) is 0 Å². The van der Waals surface area contributed by atoms with E-state index in [1.165, 1.54) is 22.4 Å². The minimum Gasteiger partial charge on any atom is -0.370 e. The van der Waals surface area contributed by atoms with E-state index in [1.54, 1.807) is 0 Å². The smallest absolute Gasteiger partial charge is 0.0426 e. The van der Waals surface area contributed by atoms with Crippen molar-refractivity contribution in [2.24, 2.45) is 0 Å². The molecule has 0 amide bonds. The second kappa shape index (κ2) is 6.78. The molecule has 0 fully saturated rings. The van der Waals surface area contributed by atoms with Crippen molar-refractivity contribution in [2.45, 2.75) is 20.0 Å². The van der Waals surface area contributed by atoms with E-state index in [0.29, 0.717) is 0 Å². The number of nitrogens with one attached hydrogen (secondary N) is 1. The highest BCUT2D eigenvalue weighted by molar-refractivity contribution is 6.30. The maximum Gasteiger partial charge on any atom is 0.0426 e. The second-order valence-corrected chi connectivity index (χ2v) is 5.58. The first-order chi connectivity index (χ1) is 9.60. The van der Waals surface area contributed by atoms with E-state index < -0.39 is 0 Å². The number of rotatable bonds is 5. The Kier molecular flexibility index (Phi) is 5.05. The molecule has 0 atom stereocenters. The zero-order chi connectivity index (χ0) is 14.5. The lowest BCUT2D eigenvalue weighted by Gasteiger charge is -2.23. The van der Waals surface area contributed by atoms with Gasteiger partial charge in [0.15, 0.2) is 0 Å². The van der Waals surface area contributed by atoms with Gasteiger partial charge in [-0.25, -0.2) is 0 Å². The first-order valence-electron chi connectivity index (χ1n) is 6.80. The summed E-state index contributed by atoms with van der Waals surface area (Å²) >= 11 is 6.09. The molecule has 2 aromatic carbocycles. The highest BCUT2D eigenvalue weighted by atomic mass is 35.5. The van der Waals surface area contributed by atoms with E-state index in [0.717, 1.165) is 18.1 Å². The van der Waals surface area contributed by atoms with Crippen molar-refractivity contribution >= 4 is 17.3 Å². The molecule has 3 heteroatoms. The zero-order valence-corrected chi connectivity index (χ0v) is 13.0. The largest absolute Gasteiger partial charge is 0.370 e. The topological polar surface area (TPSA) is 15.3 Å². The third-order valence-electron chi connectivity index (χ3n) is 3.32. The lowest BCUT2D eigenvalue weighted by molar-refractivity contribution is 0.805. The van der Waals surface area contributed by atoms with Crippen molar-refractivity contribution < 1.29 is 0 Å². The molecule has 0 bridgehead atoms. The van der Waals surface area contributed by atoms with Crippen LogP contribution in [-0.2, 0) is 13.1 Å². The van der Waals surface area contributed by atoms with E-state index >= 15 is 0 Å². The van der Waals surface area contributed by atoms with Gasteiger partial charge in [0, 0.05) is 30.8 Å². The summed E-state index contributed by atoms with van der Waals surface area (Å²) < 4.78 is 0. The molecule has 0 aliphatic rings. The number of hydrogen-bond acceptors (Lipinski definition) is 2. The molecule has 0 unspecified atom stereocenters. The number of aryl methyl sites for hydroxylation is 1. The van der Waals surface area contributed by atoms with E-state index in [1.807, 2.05) is 19.2 Å². The molecule has 1 N–H and O–H groups in total. The number of benzene rings is 2. The molecule has 106 valence electrons. The van der Waals surface area contributed by atoms with E-state index in [2.05, 4.69) is 54.5 Å². The van der Waals surface area contributed by atoms with Gasteiger partial charge in [0.1, 0.15) is 0 Å². The predicted octanol–water partition coefficient (Wildman–Crippen LogP) is 4.00. The summed E-state index contributed by atoms with van der Waals surface area (Å²) in [5.41, 5.74) is 5.04. The summed E-state index contributed by atoms with van der Waals surface area (Å²) in [6.45, 7) is 3.83. The fourth-order valence-electron chi connectivity index (χ4n) is 2.43. The van der Waals surface area contributed by atoms with Crippen LogP contribution in [0.5, 0.6) is 0 Å². The third kappa shape index (κ3) is 3.75. The number of anilines is 1. The lowest BCUT2D eigenvalue weighted by atomic mass is 10.1. The number of halogens is 1. The van der Waals surface area contributed by atoms with Crippen LogP contribution >= 0.6 is 11.6 Å². The predicted molar refractivity (Wildman–Crippen MR) is 87.5 cm³/mol. The molecule has 0 aromatic heterocycles. The average Bonchev–Trinajstić information content (AvgIpc) is 2.39.